The predicted octanol–water partition coefficient (Wildman–Crippen LogP) is 3.42. The molecule has 0 bridgehead atoms. The molecule has 0 unspecified atom stereocenters. The van der Waals surface area contributed by atoms with Crippen molar-refractivity contribution in [3.8, 4) is 6.07 Å². The molecular weight excluding hydrogens is 274 g/mol. The number of nitriles is 1. The molecule has 0 aliphatic carbocycles. The molecular formula is C15H18ClN3O. The Morgan fingerprint density at radius 2 is 2.30 bits per heavy atom. The van der Waals surface area contributed by atoms with Gasteiger partial charge in [-0.05, 0) is 24.6 Å². The molecule has 1 aromatic rings. The van der Waals surface area contributed by atoms with Gasteiger partial charge in [0.1, 0.15) is 11.6 Å². The zero-order valence-electron chi connectivity index (χ0n) is 11.7. The summed E-state index contributed by atoms with van der Waals surface area (Å²) in [4.78, 5) is 13.8. The lowest BCUT2D eigenvalue weighted by atomic mass is 10.2. The molecule has 0 heterocycles. The highest BCUT2D eigenvalue weighted by atomic mass is 35.5. The van der Waals surface area contributed by atoms with Gasteiger partial charge in [0, 0.05) is 30.5 Å². The van der Waals surface area contributed by atoms with Gasteiger partial charge in [0.05, 0.1) is 0 Å². The van der Waals surface area contributed by atoms with Crippen LogP contribution in [0.3, 0.4) is 0 Å². The lowest BCUT2D eigenvalue weighted by Crippen LogP contribution is -2.19. The standard InChI is InChI=1S/C15H18ClN3O/c1-3-4-8-19(2)11-12(10-17)15(20)18-14-7-5-6-13(16)9-14/h5-7,9,11H,3-4,8H2,1-2H3,(H,18,20)/b12-11-. The molecule has 1 aromatic carbocycles. The average Bonchev–Trinajstić information content (AvgIpc) is 2.42. The molecule has 0 saturated heterocycles. The molecule has 1 N–H and O–H groups in total. The molecule has 0 saturated carbocycles. The van der Waals surface area contributed by atoms with Crippen LogP contribution in [0.4, 0.5) is 5.69 Å². The zero-order valence-corrected chi connectivity index (χ0v) is 12.4. The summed E-state index contributed by atoms with van der Waals surface area (Å²) in [5.74, 6) is -0.432. The van der Waals surface area contributed by atoms with Crippen LogP contribution >= 0.6 is 11.6 Å². The topological polar surface area (TPSA) is 56.1 Å². The highest BCUT2D eigenvalue weighted by Crippen LogP contribution is 2.15. The molecule has 4 nitrogen and oxygen atoms in total. The van der Waals surface area contributed by atoms with E-state index in [-0.39, 0.29) is 5.57 Å². The van der Waals surface area contributed by atoms with Crippen LogP contribution in [0.5, 0.6) is 0 Å². The lowest BCUT2D eigenvalue weighted by molar-refractivity contribution is -0.112. The molecule has 0 radical (unpaired) electrons. The maximum absolute atomic E-state index is 12.0. The van der Waals surface area contributed by atoms with E-state index >= 15 is 0 Å². The number of hydrogen-bond donors (Lipinski definition) is 1. The molecule has 1 rings (SSSR count). The first-order valence-corrected chi connectivity index (χ1v) is 6.83. The van der Waals surface area contributed by atoms with Crippen molar-refractivity contribution >= 4 is 23.2 Å². The monoisotopic (exact) mass is 291 g/mol. The minimum absolute atomic E-state index is 0.0728. The number of anilines is 1. The number of carbonyl (C=O) groups is 1. The Labute approximate surface area is 124 Å². The van der Waals surface area contributed by atoms with Crippen LogP contribution in [0.25, 0.3) is 0 Å². The highest BCUT2D eigenvalue weighted by Gasteiger charge is 2.10. The van der Waals surface area contributed by atoms with Crippen molar-refractivity contribution in [3.05, 3.63) is 41.1 Å². The number of unbranched alkanes of at least 4 members (excludes halogenated alkanes) is 1. The van der Waals surface area contributed by atoms with Gasteiger partial charge in [0.2, 0.25) is 0 Å². The van der Waals surface area contributed by atoms with Crippen LogP contribution in [0.15, 0.2) is 36.0 Å². The highest BCUT2D eigenvalue weighted by molar-refractivity contribution is 6.31. The third kappa shape index (κ3) is 5.33. The number of nitrogens with zero attached hydrogens (tertiary/aromatic N) is 2. The minimum Gasteiger partial charge on any atom is -0.379 e. The average molecular weight is 292 g/mol. The first-order chi connectivity index (χ1) is 9.56. The van der Waals surface area contributed by atoms with Gasteiger partial charge in [-0.15, -0.1) is 0 Å². The Balaban J connectivity index is 2.72. The van der Waals surface area contributed by atoms with Crippen molar-refractivity contribution in [2.45, 2.75) is 19.8 Å². The molecule has 0 spiro atoms. The fraction of sp³-hybridized carbons (Fsp3) is 0.333. The number of carbonyl (C=O) groups excluding carboxylic acids is 1. The van der Waals surface area contributed by atoms with Crippen LogP contribution < -0.4 is 5.32 Å². The number of amides is 1. The van der Waals surface area contributed by atoms with E-state index in [0.717, 1.165) is 19.4 Å². The number of benzene rings is 1. The van der Waals surface area contributed by atoms with E-state index in [2.05, 4.69) is 12.2 Å². The second kappa shape index (κ2) is 8.23. The largest absolute Gasteiger partial charge is 0.379 e. The van der Waals surface area contributed by atoms with Gasteiger partial charge in [0.25, 0.3) is 5.91 Å². The van der Waals surface area contributed by atoms with E-state index in [1.165, 1.54) is 0 Å². The van der Waals surface area contributed by atoms with Crippen LogP contribution in [-0.4, -0.2) is 24.4 Å². The summed E-state index contributed by atoms with van der Waals surface area (Å²) < 4.78 is 0. The fourth-order valence-corrected chi connectivity index (χ4v) is 1.79. The van der Waals surface area contributed by atoms with Crippen molar-refractivity contribution < 1.29 is 4.79 Å². The Bertz CT molecular complexity index is 534. The first kappa shape index (κ1) is 16.1. The molecule has 5 heteroatoms. The Morgan fingerprint density at radius 3 is 2.90 bits per heavy atom. The van der Waals surface area contributed by atoms with Crippen LogP contribution in [0.1, 0.15) is 19.8 Å². The Kier molecular flexibility index (Phi) is 6.61. The summed E-state index contributed by atoms with van der Waals surface area (Å²) in [6.45, 7) is 2.90. The number of hydrogen-bond acceptors (Lipinski definition) is 3. The summed E-state index contributed by atoms with van der Waals surface area (Å²) in [7, 11) is 1.85. The van der Waals surface area contributed by atoms with Crippen molar-refractivity contribution in [2.24, 2.45) is 0 Å². The zero-order chi connectivity index (χ0) is 15.0. The Morgan fingerprint density at radius 1 is 1.55 bits per heavy atom. The quantitative estimate of drug-likeness (QED) is 0.645. The summed E-state index contributed by atoms with van der Waals surface area (Å²) in [6.07, 6.45) is 3.64. The van der Waals surface area contributed by atoms with Crippen molar-refractivity contribution in [3.63, 3.8) is 0 Å². The number of halogens is 1. The smallest absolute Gasteiger partial charge is 0.267 e. The van der Waals surface area contributed by atoms with Gasteiger partial charge >= 0.3 is 0 Å². The summed E-state index contributed by atoms with van der Waals surface area (Å²) in [5.41, 5.74) is 0.642. The molecule has 1 amide bonds. The van der Waals surface area contributed by atoms with Gasteiger partial charge < -0.3 is 10.2 Å². The van der Waals surface area contributed by atoms with E-state index < -0.39 is 5.91 Å². The molecule has 0 fully saturated rings. The van der Waals surface area contributed by atoms with Gasteiger partial charge in [0.15, 0.2) is 0 Å². The van der Waals surface area contributed by atoms with E-state index in [1.54, 1.807) is 30.5 Å². The summed E-state index contributed by atoms with van der Waals surface area (Å²) in [6, 6.07) is 8.73. The molecule has 0 atom stereocenters. The molecule has 0 aliphatic rings. The van der Waals surface area contributed by atoms with E-state index in [0.29, 0.717) is 10.7 Å². The predicted molar refractivity (Wildman–Crippen MR) is 81.3 cm³/mol. The van der Waals surface area contributed by atoms with Gasteiger partial charge in [-0.25, -0.2) is 0 Å². The number of rotatable bonds is 6. The maximum atomic E-state index is 12.0. The van der Waals surface area contributed by atoms with Crippen molar-refractivity contribution in [2.75, 3.05) is 18.9 Å². The van der Waals surface area contributed by atoms with Crippen LogP contribution in [0.2, 0.25) is 5.02 Å². The van der Waals surface area contributed by atoms with Crippen LogP contribution in [-0.2, 0) is 4.79 Å². The van der Waals surface area contributed by atoms with Crippen molar-refractivity contribution in [1.29, 1.82) is 5.26 Å². The fourth-order valence-electron chi connectivity index (χ4n) is 1.60. The van der Waals surface area contributed by atoms with Crippen molar-refractivity contribution in [1.82, 2.24) is 4.90 Å². The van der Waals surface area contributed by atoms with E-state index in [4.69, 9.17) is 16.9 Å². The lowest BCUT2D eigenvalue weighted by Gasteiger charge is -2.14. The van der Waals surface area contributed by atoms with Gasteiger partial charge in [-0.3, -0.25) is 4.79 Å². The number of nitrogens with one attached hydrogen (secondary N) is 1. The third-order valence-corrected chi connectivity index (χ3v) is 2.90. The molecule has 106 valence electrons. The molecule has 0 aliphatic heterocycles. The SMILES string of the molecule is CCCCN(C)/C=C(/C#N)C(=O)Nc1cccc(Cl)c1. The summed E-state index contributed by atoms with van der Waals surface area (Å²) in [5, 5.41) is 12.3. The van der Waals surface area contributed by atoms with Gasteiger partial charge in [-0.1, -0.05) is 31.0 Å². The summed E-state index contributed by atoms with van der Waals surface area (Å²) >= 11 is 5.84. The normalized spacial score (nSPS) is 10.8. The van der Waals surface area contributed by atoms with E-state index in [1.807, 2.05) is 18.0 Å². The van der Waals surface area contributed by atoms with Crippen LogP contribution in [0, 0.1) is 11.3 Å². The van der Waals surface area contributed by atoms with Gasteiger partial charge in [-0.2, -0.15) is 5.26 Å². The maximum Gasteiger partial charge on any atom is 0.267 e. The molecule has 0 aromatic heterocycles. The third-order valence-electron chi connectivity index (χ3n) is 2.66. The minimum atomic E-state index is -0.432. The second-order valence-electron chi connectivity index (χ2n) is 4.45. The second-order valence-corrected chi connectivity index (χ2v) is 4.89. The first-order valence-electron chi connectivity index (χ1n) is 6.46. The Hall–Kier alpha value is -1.99. The van der Waals surface area contributed by atoms with E-state index in [9.17, 15) is 4.79 Å². The molecule has 20 heavy (non-hydrogen) atoms.